The number of halogens is 1. The van der Waals surface area contributed by atoms with Gasteiger partial charge in [0.2, 0.25) is 0 Å². The molecule has 0 spiro atoms. The highest BCUT2D eigenvalue weighted by Gasteiger charge is 2.21. The molecule has 0 radical (unpaired) electrons. The fourth-order valence-electron chi connectivity index (χ4n) is 2.53. The van der Waals surface area contributed by atoms with Crippen LogP contribution in [0.3, 0.4) is 0 Å². The Labute approximate surface area is 167 Å². The van der Waals surface area contributed by atoms with Crippen molar-refractivity contribution in [3.63, 3.8) is 0 Å². The van der Waals surface area contributed by atoms with Gasteiger partial charge in [-0.25, -0.2) is 9.78 Å². The fourth-order valence-corrected chi connectivity index (χ4v) is 5.12. The highest BCUT2D eigenvalue weighted by Crippen LogP contribution is 2.37. The Bertz CT molecular complexity index is 1030. The smallest absolute Gasteiger partial charge is 0.348 e. The molecule has 3 aromatic rings. The van der Waals surface area contributed by atoms with Crippen LogP contribution < -0.4 is 5.56 Å². The van der Waals surface area contributed by atoms with Crippen molar-refractivity contribution in [3.8, 4) is 0 Å². The van der Waals surface area contributed by atoms with Gasteiger partial charge in [-0.3, -0.25) is 4.79 Å². The molecule has 0 bridgehead atoms. The third-order valence-electron chi connectivity index (χ3n) is 3.81. The molecule has 8 heteroatoms. The molecule has 2 heterocycles. The number of hydrogen-bond acceptors (Lipinski definition) is 6. The standard InChI is InChI=1S/C18H17BrN2O3S2/c1-4-24-18(23)14-9(2)13-16(22)20-15(21-17(13)26-14)10(3)25-12-8-6-5-7-11(12)19/h5-8,10H,4H2,1-3H3,(H,20,21,22). The van der Waals surface area contributed by atoms with Crippen LogP contribution in [-0.2, 0) is 4.74 Å². The van der Waals surface area contributed by atoms with Gasteiger partial charge in [-0.2, -0.15) is 0 Å². The van der Waals surface area contributed by atoms with E-state index in [1.165, 1.54) is 11.3 Å². The minimum absolute atomic E-state index is 0.0563. The predicted molar refractivity (Wildman–Crippen MR) is 109 cm³/mol. The zero-order chi connectivity index (χ0) is 18.8. The van der Waals surface area contributed by atoms with Crippen LogP contribution >= 0.6 is 39.0 Å². The summed E-state index contributed by atoms with van der Waals surface area (Å²) in [6.45, 7) is 5.79. The first-order valence-corrected chi connectivity index (χ1v) is 10.5. The molecule has 1 atom stereocenters. The second-order valence-corrected chi connectivity index (χ2v) is 8.83. The lowest BCUT2D eigenvalue weighted by Gasteiger charge is -2.11. The molecule has 1 N–H and O–H groups in total. The van der Waals surface area contributed by atoms with E-state index in [1.54, 1.807) is 25.6 Å². The van der Waals surface area contributed by atoms with Crippen LogP contribution in [0.15, 0.2) is 38.4 Å². The van der Waals surface area contributed by atoms with Crippen LogP contribution in [0.25, 0.3) is 10.2 Å². The minimum atomic E-state index is -0.412. The highest BCUT2D eigenvalue weighted by molar-refractivity contribution is 9.10. The molecule has 0 saturated heterocycles. The SMILES string of the molecule is CCOC(=O)c1sc2nc(C(C)Sc3ccccc3Br)[nH]c(=O)c2c1C. The number of carbonyl (C=O) groups is 1. The monoisotopic (exact) mass is 452 g/mol. The average molecular weight is 453 g/mol. The van der Waals surface area contributed by atoms with Gasteiger partial charge in [0.05, 0.1) is 17.2 Å². The summed E-state index contributed by atoms with van der Waals surface area (Å²) in [7, 11) is 0. The maximum absolute atomic E-state index is 12.6. The molecule has 1 aromatic carbocycles. The first-order valence-electron chi connectivity index (χ1n) is 8.04. The summed E-state index contributed by atoms with van der Waals surface area (Å²) in [6.07, 6.45) is 0. The summed E-state index contributed by atoms with van der Waals surface area (Å²) in [4.78, 5) is 34.2. The van der Waals surface area contributed by atoms with E-state index in [1.807, 2.05) is 31.2 Å². The second-order valence-electron chi connectivity index (χ2n) is 5.60. The summed E-state index contributed by atoms with van der Waals surface area (Å²) >= 11 is 6.34. The summed E-state index contributed by atoms with van der Waals surface area (Å²) in [5, 5.41) is 0.402. The van der Waals surface area contributed by atoms with Gasteiger partial charge < -0.3 is 9.72 Å². The summed E-state index contributed by atoms with van der Waals surface area (Å²) in [5.41, 5.74) is 0.392. The number of carbonyl (C=O) groups excluding carboxylic acids is 1. The summed E-state index contributed by atoms with van der Waals surface area (Å²) in [6, 6.07) is 7.91. The van der Waals surface area contributed by atoms with E-state index in [-0.39, 0.29) is 10.8 Å². The van der Waals surface area contributed by atoms with Crippen molar-refractivity contribution in [2.45, 2.75) is 30.9 Å². The summed E-state index contributed by atoms with van der Waals surface area (Å²) < 4.78 is 6.07. The van der Waals surface area contributed by atoms with Crippen molar-refractivity contribution in [1.29, 1.82) is 0 Å². The quantitative estimate of drug-likeness (QED) is 0.431. The minimum Gasteiger partial charge on any atom is -0.462 e. The van der Waals surface area contributed by atoms with Crippen molar-refractivity contribution in [3.05, 3.63) is 55.4 Å². The number of nitrogens with one attached hydrogen (secondary N) is 1. The van der Waals surface area contributed by atoms with Crippen LogP contribution in [0.1, 0.15) is 40.2 Å². The van der Waals surface area contributed by atoms with E-state index in [2.05, 4.69) is 25.9 Å². The Morgan fingerprint density at radius 3 is 2.85 bits per heavy atom. The number of ether oxygens (including phenoxy) is 1. The van der Waals surface area contributed by atoms with Crippen molar-refractivity contribution in [1.82, 2.24) is 9.97 Å². The summed E-state index contributed by atoms with van der Waals surface area (Å²) in [5.74, 6) is 0.171. The predicted octanol–water partition coefficient (Wildman–Crippen LogP) is 5.09. The van der Waals surface area contributed by atoms with Gasteiger partial charge in [0.1, 0.15) is 15.5 Å². The van der Waals surface area contributed by atoms with Gasteiger partial charge in [-0.1, -0.05) is 12.1 Å². The molecule has 26 heavy (non-hydrogen) atoms. The fraction of sp³-hybridized carbons (Fsp3) is 0.278. The normalized spacial score (nSPS) is 12.3. The van der Waals surface area contributed by atoms with Crippen molar-refractivity contribution < 1.29 is 9.53 Å². The molecular weight excluding hydrogens is 436 g/mol. The number of thioether (sulfide) groups is 1. The first-order chi connectivity index (χ1) is 12.4. The molecule has 3 rings (SSSR count). The van der Waals surface area contributed by atoms with Crippen LogP contribution in [0.2, 0.25) is 0 Å². The number of esters is 1. The van der Waals surface area contributed by atoms with Crippen molar-refractivity contribution in [2.75, 3.05) is 6.61 Å². The molecule has 1 unspecified atom stereocenters. The highest BCUT2D eigenvalue weighted by atomic mass is 79.9. The number of aromatic nitrogens is 2. The maximum atomic E-state index is 12.6. The van der Waals surface area contributed by atoms with E-state index in [4.69, 9.17) is 4.74 Å². The number of hydrogen-bond donors (Lipinski definition) is 1. The first kappa shape index (κ1) is 19.1. The number of H-pyrrole nitrogens is 1. The lowest BCUT2D eigenvalue weighted by Crippen LogP contribution is -2.12. The average Bonchev–Trinajstić information content (AvgIpc) is 2.94. The number of aromatic amines is 1. The van der Waals surface area contributed by atoms with Gasteiger partial charge in [-0.15, -0.1) is 23.1 Å². The van der Waals surface area contributed by atoms with E-state index in [0.29, 0.717) is 33.1 Å². The molecule has 0 amide bonds. The molecule has 136 valence electrons. The zero-order valence-corrected chi connectivity index (χ0v) is 17.7. The third-order valence-corrected chi connectivity index (χ3v) is 7.11. The number of aryl methyl sites for hydroxylation is 1. The van der Waals surface area contributed by atoms with E-state index >= 15 is 0 Å². The number of rotatable bonds is 5. The van der Waals surface area contributed by atoms with E-state index in [9.17, 15) is 9.59 Å². The second kappa shape index (κ2) is 7.94. The molecule has 0 fully saturated rings. The van der Waals surface area contributed by atoms with Crippen LogP contribution in [0.5, 0.6) is 0 Å². The Kier molecular flexibility index (Phi) is 5.84. The molecule has 0 aliphatic heterocycles. The van der Waals surface area contributed by atoms with Crippen LogP contribution in [0.4, 0.5) is 0 Å². The molecule has 0 aliphatic rings. The largest absolute Gasteiger partial charge is 0.462 e. The van der Waals surface area contributed by atoms with Crippen molar-refractivity contribution >= 4 is 55.2 Å². The lowest BCUT2D eigenvalue weighted by atomic mass is 10.2. The number of fused-ring (bicyclic) bond motifs is 1. The lowest BCUT2D eigenvalue weighted by molar-refractivity contribution is 0.0531. The van der Waals surface area contributed by atoms with Gasteiger partial charge in [0.15, 0.2) is 0 Å². The Morgan fingerprint density at radius 1 is 1.42 bits per heavy atom. The third kappa shape index (κ3) is 3.72. The molecule has 2 aromatic heterocycles. The number of nitrogens with zero attached hydrogens (tertiary/aromatic N) is 1. The number of thiophene rings is 1. The van der Waals surface area contributed by atoms with E-state index < -0.39 is 5.97 Å². The topological polar surface area (TPSA) is 72.0 Å². The van der Waals surface area contributed by atoms with Crippen LogP contribution in [-0.4, -0.2) is 22.5 Å². The number of benzene rings is 1. The zero-order valence-electron chi connectivity index (χ0n) is 14.5. The van der Waals surface area contributed by atoms with Crippen LogP contribution in [0, 0.1) is 6.92 Å². The maximum Gasteiger partial charge on any atom is 0.348 e. The van der Waals surface area contributed by atoms with Crippen molar-refractivity contribution in [2.24, 2.45) is 0 Å². The van der Waals surface area contributed by atoms with Gasteiger partial charge in [-0.05, 0) is 54.4 Å². The Morgan fingerprint density at radius 2 is 2.15 bits per heavy atom. The van der Waals surface area contributed by atoms with Gasteiger partial charge in [0.25, 0.3) is 5.56 Å². The molecule has 5 nitrogen and oxygen atoms in total. The Balaban J connectivity index is 1.99. The van der Waals surface area contributed by atoms with E-state index in [0.717, 1.165) is 9.37 Å². The van der Waals surface area contributed by atoms with Gasteiger partial charge in [0, 0.05) is 9.37 Å². The van der Waals surface area contributed by atoms with Gasteiger partial charge >= 0.3 is 5.97 Å². The molecule has 0 aliphatic carbocycles. The Hall–Kier alpha value is -1.64. The molecule has 0 saturated carbocycles. The molecular formula is C18H17BrN2O3S2.